The summed E-state index contributed by atoms with van der Waals surface area (Å²) in [6, 6.07) is 1.92. The molecule has 2 aromatic rings. The Labute approximate surface area is 98.8 Å². The third kappa shape index (κ3) is 1.56. The Kier molecular flexibility index (Phi) is 2.09. The molecule has 0 spiro atoms. The third-order valence-corrected chi connectivity index (χ3v) is 3.34. The first-order chi connectivity index (χ1) is 8.08. The highest BCUT2D eigenvalue weighted by Gasteiger charge is 2.39. The topological polar surface area (TPSA) is 82.8 Å². The van der Waals surface area contributed by atoms with E-state index in [9.17, 15) is 0 Å². The fraction of sp³-hybridized carbons (Fsp3) is 0.545. The first kappa shape index (κ1) is 10.5. The lowest BCUT2D eigenvalue weighted by molar-refractivity contribution is 0.229. The van der Waals surface area contributed by atoms with Crippen LogP contribution in [0.15, 0.2) is 10.6 Å². The molecule has 0 aromatic carbocycles. The molecule has 2 aromatic heterocycles. The number of hydrogen-bond acceptors (Lipinski definition) is 5. The SMILES string of the molecule is Cc1cc(-c2nc(C3(N)CCC3)no2)n(C)n1. The van der Waals surface area contributed by atoms with Crippen molar-refractivity contribution in [2.45, 2.75) is 31.7 Å². The van der Waals surface area contributed by atoms with Crippen molar-refractivity contribution < 1.29 is 4.52 Å². The Morgan fingerprint density at radius 1 is 1.47 bits per heavy atom. The molecule has 6 nitrogen and oxygen atoms in total. The number of aromatic nitrogens is 4. The number of nitrogens with two attached hydrogens (primary N) is 1. The molecule has 2 heterocycles. The van der Waals surface area contributed by atoms with Crippen LogP contribution in [0.3, 0.4) is 0 Å². The zero-order chi connectivity index (χ0) is 12.0. The lowest BCUT2D eigenvalue weighted by Crippen LogP contribution is -2.44. The molecule has 0 amide bonds. The Bertz CT molecular complexity index is 552. The summed E-state index contributed by atoms with van der Waals surface area (Å²) in [6.45, 7) is 1.93. The van der Waals surface area contributed by atoms with Crippen LogP contribution in [0.1, 0.15) is 30.8 Å². The largest absolute Gasteiger partial charge is 0.332 e. The Morgan fingerprint density at radius 3 is 2.76 bits per heavy atom. The van der Waals surface area contributed by atoms with Gasteiger partial charge in [0.25, 0.3) is 5.89 Å². The van der Waals surface area contributed by atoms with E-state index in [4.69, 9.17) is 10.3 Å². The molecular weight excluding hydrogens is 218 g/mol. The van der Waals surface area contributed by atoms with Crippen LogP contribution >= 0.6 is 0 Å². The monoisotopic (exact) mass is 233 g/mol. The zero-order valence-electron chi connectivity index (χ0n) is 9.97. The van der Waals surface area contributed by atoms with Crippen LogP contribution in [-0.4, -0.2) is 19.9 Å². The maximum absolute atomic E-state index is 6.15. The summed E-state index contributed by atoms with van der Waals surface area (Å²) in [5.74, 6) is 1.09. The quantitative estimate of drug-likeness (QED) is 0.840. The molecule has 1 aliphatic carbocycles. The van der Waals surface area contributed by atoms with Crippen LogP contribution in [0.4, 0.5) is 0 Å². The average molecular weight is 233 g/mol. The van der Waals surface area contributed by atoms with Gasteiger partial charge < -0.3 is 10.3 Å². The maximum atomic E-state index is 6.15. The maximum Gasteiger partial charge on any atom is 0.276 e. The molecular formula is C11H15N5O. The van der Waals surface area contributed by atoms with Crippen molar-refractivity contribution in [3.8, 4) is 11.6 Å². The van der Waals surface area contributed by atoms with Crippen molar-refractivity contribution in [3.63, 3.8) is 0 Å². The standard InChI is InChI=1S/C11H15N5O/c1-7-6-8(16(2)14-7)9-13-10(15-17-9)11(12)4-3-5-11/h6H,3-5,12H2,1-2H3. The van der Waals surface area contributed by atoms with Crippen LogP contribution in [-0.2, 0) is 12.6 Å². The molecule has 1 saturated carbocycles. The first-order valence-electron chi connectivity index (χ1n) is 5.73. The minimum absolute atomic E-state index is 0.380. The van der Waals surface area contributed by atoms with E-state index in [0.717, 1.165) is 30.7 Å². The molecule has 1 aliphatic rings. The summed E-state index contributed by atoms with van der Waals surface area (Å²) in [5.41, 5.74) is 7.52. The van der Waals surface area contributed by atoms with Crippen LogP contribution in [0.2, 0.25) is 0 Å². The number of nitrogens with zero attached hydrogens (tertiary/aromatic N) is 4. The second-order valence-electron chi connectivity index (χ2n) is 4.73. The van der Waals surface area contributed by atoms with E-state index in [1.54, 1.807) is 4.68 Å². The van der Waals surface area contributed by atoms with Crippen molar-refractivity contribution >= 4 is 0 Å². The van der Waals surface area contributed by atoms with Gasteiger partial charge in [-0.05, 0) is 32.3 Å². The van der Waals surface area contributed by atoms with E-state index in [2.05, 4.69) is 15.2 Å². The smallest absolute Gasteiger partial charge is 0.276 e. The number of hydrogen-bond donors (Lipinski definition) is 1. The summed E-state index contributed by atoms with van der Waals surface area (Å²) in [4.78, 5) is 4.38. The van der Waals surface area contributed by atoms with E-state index in [1.807, 2.05) is 20.0 Å². The van der Waals surface area contributed by atoms with Gasteiger partial charge in [-0.2, -0.15) is 10.1 Å². The summed E-state index contributed by atoms with van der Waals surface area (Å²) in [5, 5.41) is 8.24. The summed E-state index contributed by atoms with van der Waals surface area (Å²) in [6.07, 6.45) is 2.98. The predicted octanol–water partition coefficient (Wildman–Crippen LogP) is 1.12. The minimum Gasteiger partial charge on any atom is -0.332 e. The summed E-state index contributed by atoms with van der Waals surface area (Å²) >= 11 is 0. The highest BCUT2D eigenvalue weighted by atomic mass is 16.5. The molecule has 0 aliphatic heterocycles. The van der Waals surface area contributed by atoms with Gasteiger partial charge in [-0.1, -0.05) is 5.16 Å². The van der Waals surface area contributed by atoms with Crippen LogP contribution < -0.4 is 5.73 Å². The van der Waals surface area contributed by atoms with Gasteiger partial charge in [0, 0.05) is 7.05 Å². The van der Waals surface area contributed by atoms with E-state index >= 15 is 0 Å². The second kappa shape index (κ2) is 3.40. The van der Waals surface area contributed by atoms with E-state index < -0.39 is 0 Å². The minimum atomic E-state index is -0.380. The molecule has 0 radical (unpaired) electrons. The summed E-state index contributed by atoms with van der Waals surface area (Å²) < 4.78 is 7.00. The fourth-order valence-corrected chi connectivity index (χ4v) is 2.12. The normalized spacial score (nSPS) is 18.1. The molecule has 6 heteroatoms. The number of aryl methyl sites for hydroxylation is 2. The van der Waals surface area contributed by atoms with Crippen molar-refractivity contribution in [2.24, 2.45) is 12.8 Å². The van der Waals surface area contributed by atoms with Gasteiger partial charge in [-0.3, -0.25) is 4.68 Å². The molecule has 1 fully saturated rings. The Hall–Kier alpha value is -1.69. The lowest BCUT2D eigenvalue weighted by atomic mass is 9.77. The lowest BCUT2D eigenvalue weighted by Gasteiger charge is -2.34. The van der Waals surface area contributed by atoms with Crippen LogP contribution in [0.5, 0.6) is 0 Å². The van der Waals surface area contributed by atoms with Crippen LogP contribution in [0, 0.1) is 6.92 Å². The highest BCUT2D eigenvalue weighted by molar-refractivity contribution is 5.47. The Morgan fingerprint density at radius 2 is 2.24 bits per heavy atom. The van der Waals surface area contributed by atoms with Gasteiger partial charge in [-0.25, -0.2) is 0 Å². The van der Waals surface area contributed by atoms with Gasteiger partial charge in [-0.15, -0.1) is 0 Å². The highest BCUT2D eigenvalue weighted by Crippen LogP contribution is 2.37. The molecule has 2 N–H and O–H groups in total. The molecule has 0 saturated heterocycles. The zero-order valence-corrected chi connectivity index (χ0v) is 9.97. The van der Waals surface area contributed by atoms with Crippen molar-refractivity contribution in [3.05, 3.63) is 17.6 Å². The van der Waals surface area contributed by atoms with Gasteiger partial charge in [0.15, 0.2) is 5.82 Å². The van der Waals surface area contributed by atoms with Crippen LogP contribution in [0.25, 0.3) is 11.6 Å². The fourth-order valence-electron chi connectivity index (χ4n) is 2.12. The van der Waals surface area contributed by atoms with Gasteiger partial charge in [0.2, 0.25) is 0 Å². The molecule has 90 valence electrons. The number of rotatable bonds is 2. The molecule has 3 rings (SSSR count). The summed E-state index contributed by atoms with van der Waals surface area (Å²) in [7, 11) is 1.85. The van der Waals surface area contributed by atoms with Crippen molar-refractivity contribution in [1.82, 2.24) is 19.9 Å². The molecule has 0 atom stereocenters. The van der Waals surface area contributed by atoms with E-state index in [0.29, 0.717) is 11.7 Å². The average Bonchev–Trinajstić information content (AvgIpc) is 2.81. The molecule has 0 unspecified atom stereocenters. The van der Waals surface area contributed by atoms with Gasteiger partial charge >= 0.3 is 0 Å². The molecule has 17 heavy (non-hydrogen) atoms. The Balaban J connectivity index is 1.97. The van der Waals surface area contributed by atoms with E-state index in [1.165, 1.54) is 0 Å². The molecule has 0 bridgehead atoms. The second-order valence-corrected chi connectivity index (χ2v) is 4.73. The predicted molar refractivity (Wildman–Crippen MR) is 61.0 cm³/mol. The van der Waals surface area contributed by atoms with Gasteiger partial charge in [0.1, 0.15) is 5.69 Å². The van der Waals surface area contributed by atoms with Gasteiger partial charge in [0.05, 0.1) is 11.2 Å². The third-order valence-electron chi connectivity index (χ3n) is 3.34. The van der Waals surface area contributed by atoms with Crippen molar-refractivity contribution in [2.75, 3.05) is 0 Å². The first-order valence-corrected chi connectivity index (χ1v) is 5.73. The van der Waals surface area contributed by atoms with Crippen molar-refractivity contribution in [1.29, 1.82) is 0 Å². The van der Waals surface area contributed by atoms with E-state index in [-0.39, 0.29) is 5.54 Å².